The van der Waals surface area contributed by atoms with E-state index >= 15 is 0 Å². The van der Waals surface area contributed by atoms with Gasteiger partial charge in [0, 0.05) is 18.4 Å². The van der Waals surface area contributed by atoms with Crippen LogP contribution in [0.1, 0.15) is 39.0 Å². The molecule has 3 heteroatoms. The van der Waals surface area contributed by atoms with E-state index in [1.807, 2.05) is 6.92 Å². The van der Waals surface area contributed by atoms with Crippen LogP contribution in [-0.2, 0) is 9.59 Å². The highest BCUT2D eigenvalue weighted by Crippen LogP contribution is 2.24. The van der Waals surface area contributed by atoms with Gasteiger partial charge in [0.05, 0.1) is 0 Å². The lowest BCUT2D eigenvalue weighted by Crippen LogP contribution is -2.18. The zero-order chi connectivity index (χ0) is 12.1. The molecule has 1 aliphatic carbocycles. The van der Waals surface area contributed by atoms with Gasteiger partial charge in [0.15, 0.2) is 17.3 Å². The first-order valence-corrected chi connectivity index (χ1v) is 5.65. The average molecular weight is 222 g/mol. The van der Waals surface area contributed by atoms with E-state index in [2.05, 4.69) is 6.58 Å². The monoisotopic (exact) mass is 222 g/mol. The summed E-state index contributed by atoms with van der Waals surface area (Å²) in [5.41, 5.74) is 0.326. The molecule has 0 saturated heterocycles. The SMILES string of the molecule is C=CCC(C)CC(=O)C1=C(O)C(=O)CCC1. The fourth-order valence-corrected chi connectivity index (χ4v) is 1.91. The number of hydrogen-bond donors (Lipinski definition) is 1. The van der Waals surface area contributed by atoms with Crippen molar-refractivity contribution in [3.8, 4) is 0 Å². The van der Waals surface area contributed by atoms with Crippen molar-refractivity contribution in [1.82, 2.24) is 0 Å². The number of rotatable bonds is 5. The Bertz CT molecular complexity index is 339. The first-order chi connectivity index (χ1) is 7.56. The van der Waals surface area contributed by atoms with Crippen LogP contribution in [0.15, 0.2) is 24.0 Å². The molecule has 1 rings (SSSR count). The van der Waals surface area contributed by atoms with Crippen molar-refractivity contribution in [2.45, 2.75) is 39.0 Å². The summed E-state index contributed by atoms with van der Waals surface area (Å²) in [6.07, 6.45) is 4.46. The Morgan fingerprint density at radius 3 is 2.88 bits per heavy atom. The molecule has 0 aromatic heterocycles. The fourth-order valence-electron chi connectivity index (χ4n) is 1.91. The van der Waals surface area contributed by atoms with Crippen LogP contribution in [0.25, 0.3) is 0 Å². The summed E-state index contributed by atoms with van der Waals surface area (Å²) in [4.78, 5) is 23.1. The van der Waals surface area contributed by atoms with Gasteiger partial charge in [-0.15, -0.1) is 6.58 Å². The largest absolute Gasteiger partial charge is 0.504 e. The van der Waals surface area contributed by atoms with Gasteiger partial charge in [-0.05, 0) is 25.2 Å². The first kappa shape index (κ1) is 12.7. The second-order valence-corrected chi connectivity index (χ2v) is 4.36. The molecule has 0 amide bonds. The highest BCUT2D eigenvalue weighted by atomic mass is 16.3. The smallest absolute Gasteiger partial charge is 0.197 e. The molecule has 88 valence electrons. The Labute approximate surface area is 95.9 Å². The Morgan fingerprint density at radius 1 is 1.56 bits per heavy atom. The number of aliphatic hydroxyl groups excluding tert-OH is 1. The second kappa shape index (κ2) is 5.64. The summed E-state index contributed by atoms with van der Waals surface area (Å²) in [6.45, 7) is 5.58. The summed E-state index contributed by atoms with van der Waals surface area (Å²) in [5, 5.41) is 9.54. The van der Waals surface area contributed by atoms with E-state index in [-0.39, 0.29) is 23.2 Å². The van der Waals surface area contributed by atoms with Gasteiger partial charge >= 0.3 is 0 Å². The third-order valence-electron chi connectivity index (χ3n) is 2.82. The summed E-state index contributed by atoms with van der Waals surface area (Å²) >= 11 is 0. The quantitative estimate of drug-likeness (QED) is 0.728. The summed E-state index contributed by atoms with van der Waals surface area (Å²) < 4.78 is 0. The number of hydrogen-bond acceptors (Lipinski definition) is 3. The van der Waals surface area contributed by atoms with Gasteiger partial charge in [-0.1, -0.05) is 13.0 Å². The van der Waals surface area contributed by atoms with Crippen LogP contribution in [0.2, 0.25) is 0 Å². The van der Waals surface area contributed by atoms with Gasteiger partial charge < -0.3 is 5.11 Å². The number of allylic oxidation sites excluding steroid dienone is 3. The Morgan fingerprint density at radius 2 is 2.25 bits per heavy atom. The van der Waals surface area contributed by atoms with E-state index in [0.29, 0.717) is 31.3 Å². The van der Waals surface area contributed by atoms with Gasteiger partial charge in [-0.2, -0.15) is 0 Å². The zero-order valence-corrected chi connectivity index (χ0v) is 9.66. The lowest BCUT2D eigenvalue weighted by atomic mass is 9.89. The van der Waals surface area contributed by atoms with E-state index in [1.165, 1.54) is 0 Å². The second-order valence-electron chi connectivity index (χ2n) is 4.36. The molecule has 1 aliphatic rings. The minimum absolute atomic E-state index is 0.0973. The predicted octanol–water partition coefficient (Wildman–Crippen LogP) is 2.72. The van der Waals surface area contributed by atoms with E-state index in [4.69, 9.17) is 0 Å². The van der Waals surface area contributed by atoms with Crippen LogP contribution >= 0.6 is 0 Å². The zero-order valence-electron chi connectivity index (χ0n) is 9.66. The van der Waals surface area contributed by atoms with Crippen molar-refractivity contribution in [3.05, 3.63) is 24.0 Å². The van der Waals surface area contributed by atoms with Crippen molar-refractivity contribution in [1.29, 1.82) is 0 Å². The summed E-state index contributed by atoms with van der Waals surface area (Å²) in [6, 6.07) is 0. The van der Waals surface area contributed by atoms with Crippen molar-refractivity contribution < 1.29 is 14.7 Å². The van der Waals surface area contributed by atoms with Crippen LogP contribution in [0.4, 0.5) is 0 Å². The molecule has 0 spiro atoms. The molecular weight excluding hydrogens is 204 g/mol. The molecule has 0 aliphatic heterocycles. The molecular formula is C13H18O3. The van der Waals surface area contributed by atoms with Gasteiger partial charge in [-0.25, -0.2) is 0 Å². The number of ketones is 2. The van der Waals surface area contributed by atoms with E-state index < -0.39 is 0 Å². The molecule has 1 unspecified atom stereocenters. The van der Waals surface area contributed by atoms with Gasteiger partial charge in [0.25, 0.3) is 0 Å². The number of Topliss-reactive ketones (excluding diaryl/α,β-unsaturated/α-hetero) is 2. The molecule has 1 atom stereocenters. The normalized spacial score (nSPS) is 18.4. The maximum atomic E-state index is 11.8. The van der Waals surface area contributed by atoms with Crippen LogP contribution in [0.3, 0.4) is 0 Å². The molecule has 0 bridgehead atoms. The molecule has 0 radical (unpaired) electrons. The highest BCUT2D eigenvalue weighted by molar-refractivity contribution is 6.05. The lowest BCUT2D eigenvalue weighted by Gasteiger charge is -2.15. The number of carbonyl (C=O) groups is 2. The molecule has 3 nitrogen and oxygen atoms in total. The van der Waals surface area contributed by atoms with E-state index in [0.717, 1.165) is 6.42 Å². The van der Waals surface area contributed by atoms with Crippen molar-refractivity contribution in [3.63, 3.8) is 0 Å². The van der Waals surface area contributed by atoms with Crippen molar-refractivity contribution in [2.24, 2.45) is 5.92 Å². The van der Waals surface area contributed by atoms with E-state index in [9.17, 15) is 14.7 Å². The fraction of sp³-hybridized carbons (Fsp3) is 0.538. The van der Waals surface area contributed by atoms with Crippen LogP contribution in [0.5, 0.6) is 0 Å². The van der Waals surface area contributed by atoms with Crippen molar-refractivity contribution in [2.75, 3.05) is 0 Å². The van der Waals surface area contributed by atoms with E-state index in [1.54, 1.807) is 6.08 Å². The molecule has 0 aromatic rings. The number of carbonyl (C=O) groups excluding carboxylic acids is 2. The summed E-state index contributed by atoms with van der Waals surface area (Å²) in [7, 11) is 0. The molecule has 1 N–H and O–H groups in total. The summed E-state index contributed by atoms with van der Waals surface area (Å²) in [5.74, 6) is -0.491. The molecule has 0 aromatic carbocycles. The molecule has 16 heavy (non-hydrogen) atoms. The first-order valence-electron chi connectivity index (χ1n) is 5.65. The minimum atomic E-state index is -0.304. The van der Waals surface area contributed by atoms with Crippen LogP contribution in [0, 0.1) is 5.92 Å². The molecule has 0 saturated carbocycles. The minimum Gasteiger partial charge on any atom is -0.504 e. The predicted molar refractivity (Wildman–Crippen MR) is 62.1 cm³/mol. The standard InChI is InChI=1S/C13H18O3/c1-3-5-9(2)8-12(15)10-6-4-7-11(14)13(10)16/h3,9,16H,1,4-8H2,2H3. The maximum absolute atomic E-state index is 11.8. The maximum Gasteiger partial charge on any atom is 0.197 e. The van der Waals surface area contributed by atoms with Gasteiger partial charge in [0.2, 0.25) is 0 Å². The van der Waals surface area contributed by atoms with Gasteiger partial charge in [-0.3, -0.25) is 9.59 Å². The van der Waals surface area contributed by atoms with Crippen LogP contribution in [-0.4, -0.2) is 16.7 Å². The van der Waals surface area contributed by atoms with Crippen LogP contribution < -0.4 is 0 Å². The lowest BCUT2D eigenvalue weighted by molar-refractivity contribution is -0.121. The molecule has 0 fully saturated rings. The Balaban J connectivity index is 2.69. The van der Waals surface area contributed by atoms with Gasteiger partial charge in [0.1, 0.15) is 0 Å². The average Bonchev–Trinajstić information content (AvgIpc) is 2.22. The Hall–Kier alpha value is -1.38. The topological polar surface area (TPSA) is 54.4 Å². The van der Waals surface area contributed by atoms with Crippen molar-refractivity contribution >= 4 is 11.6 Å². The molecule has 0 heterocycles. The third kappa shape index (κ3) is 3.05. The highest BCUT2D eigenvalue weighted by Gasteiger charge is 2.25. The Kier molecular flexibility index (Phi) is 4.47. The number of aliphatic hydroxyl groups is 1. The third-order valence-corrected chi connectivity index (χ3v) is 2.82.